The number of rotatable bonds is 8. The van der Waals surface area contributed by atoms with Crippen molar-refractivity contribution in [2.45, 2.75) is 86.2 Å². The fourth-order valence-corrected chi connectivity index (χ4v) is 9.69. The first kappa shape index (κ1) is 35.0. The van der Waals surface area contributed by atoms with Crippen LogP contribution in [0.4, 0.5) is 0 Å². The summed E-state index contributed by atoms with van der Waals surface area (Å²) in [4.78, 5) is 9.70. The largest absolute Gasteiger partial charge is 0.333 e. The molecule has 0 amide bonds. The normalized spacial score (nSPS) is 13.6. The maximum atomic E-state index is 8.59. The molecule has 289 valence electrons. The van der Waals surface area contributed by atoms with E-state index in [0.29, 0.717) is 28.7 Å². The Morgan fingerprint density at radius 3 is 2.12 bits per heavy atom. The molecular weight excluding hydrogens is 895 g/mol. The van der Waals surface area contributed by atoms with Crippen molar-refractivity contribution in [1.29, 1.82) is 0 Å². The van der Waals surface area contributed by atoms with Crippen LogP contribution in [0, 0.1) is 24.9 Å². The Bertz CT molecular complexity index is 2790. The summed E-state index contributed by atoms with van der Waals surface area (Å²) in [6.07, 6.45) is 0.328. The molecule has 0 saturated carbocycles. The molecule has 0 saturated heterocycles. The summed E-state index contributed by atoms with van der Waals surface area (Å²) in [6.45, 7) is 17.2. The zero-order chi connectivity index (χ0) is 43.3. The van der Waals surface area contributed by atoms with Gasteiger partial charge in [0.15, 0.2) is 0 Å². The first-order chi connectivity index (χ1) is 28.3. The molecule has 3 aromatic heterocycles. The van der Waals surface area contributed by atoms with E-state index in [-0.39, 0.29) is 31.6 Å². The first-order valence-corrected chi connectivity index (χ1v) is 23.6. The smallest absolute Gasteiger partial charge is 0.0798 e. The molecule has 0 unspecified atom stereocenters. The van der Waals surface area contributed by atoms with E-state index in [0.717, 1.165) is 27.6 Å². The van der Waals surface area contributed by atoms with Gasteiger partial charge in [0.1, 0.15) is 0 Å². The van der Waals surface area contributed by atoms with Gasteiger partial charge in [-0.1, -0.05) is 134 Å². The number of benzene rings is 5. The standard InChI is InChI=1S/C31H27N2S.C19H26NSi.Ir/c1-19(2)22-11-9-12-23(20(3)4)30(22)33-27-14-7-6-13-26(27)32-31(33)21-16-17-29-25(18-21)24-10-5-8-15-28(24)34-29;1-14(2)11-17-12-18(16-9-7-15(3)8-10-16)20-13-19(17)21(4,5)6;/h5-15,17-20H,1-4H3;7-9,12-14H,11H2,1-6H3;/q2*-1;/i;3D3,11D2;. The Morgan fingerprint density at radius 2 is 1.46 bits per heavy atom. The number of pyridine rings is 1. The molecular formula is C50H53IrN3SSi-2. The Morgan fingerprint density at radius 1 is 0.768 bits per heavy atom. The zero-order valence-electron chi connectivity index (χ0n) is 38.7. The van der Waals surface area contributed by atoms with Crippen molar-refractivity contribution in [2.24, 2.45) is 5.92 Å². The van der Waals surface area contributed by atoms with Crippen LogP contribution in [0.3, 0.4) is 0 Å². The number of aryl methyl sites for hydroxylation is 1. The summed E-state index contributed by atoms with van der Waals surface area (Å²) in [5, 5.41) is 3.58. The number of fused-ring (bicyclic) bond motifs is 4. The number of nitrogens with zero attached hydrogens (tertiary/aromatic N) is 3. The molecule has 0 N–H and O–H groups in total. The summed E-state index contributed by atoms with van der Waals surface area (Å²) in [6, 6.07) is 41.4. The first-order valence-electron chi connectivity index (χ1n) is 21.7. The van der Waals surface area contributed by atoms with Crippen molar-refractivity contribution in [1.82, 2.24) is 14.5 Å². The molecule has 0 fully saturated rings. The molecule has 6 heteroatoms. The average Bonchev–Trinajstić information content (AvgIpc) is 3.78. The van der Waals surface area contributed by atoms with Crippen LogP contribution in [0.5, 0.6) is 0 Å². The Kier molecular flexibility index (Phi) is 10.7. The fraction of sp³-hybridized carbons (Fsp3) is 0.280. The topological polar surface area (TPSA) is 30.7 Å². The molecule has 0 aliphatic rings. The molecule has 8 aromatic rings. The summed E-state index contributed by atoms with van der Waals surface area (Å²) in [7, 11) is -1.78. The van der Waals surface area contributed by atoms with E-state index in [1.54, 1.807) is 18.3 Å². The summed E-state index contributed by atoms with van der Waals surface area (Å²) < 4.78 is 44.5. The van der Waals surface area contributed by atoms with E-state index in [2.05, 4.69) is 148 Å². The Hall–Kier alpha value is -4.19. The third-order valence-electron chi connectivity index (χ3n) is 9.92. The summed E-state index contributed by atoms with van der Waals surface area (Å²) in [5.74, 6) is 1.58. The zero-order valence-corrected chi connectivity index (χ0v) is 37.9. The second-order valence-electron chi connectivity index (χ2n) is 16.2. The van der Waals surface area contributed by atoms with Gasteiger partial charge >= 0.3 is 0 Å². The Balaban J connectivity index is 0.000000209. The third kappa shape index (κ3) is 8.55. The summed E-state index contributed by atoms with van der Waals surface area (Å²) >= 11 is 1.83. The van der Waals surface area contributed by atoms with Gasteiger partial charge in [-0.05, 0) is 74.4 Å². The fourth-order valence-electron chi connectivity index (χ4n) is 7.22. The molecule has 0 aliphatic carbocycles. The van der Waals surface area contributed by atoms with Crippen molar-refractivity contribution in [3.05, 3.63) is 144 Å². The van der Waals surface area contributed by atoms with Crippen LogP contribution in [0.15, 0.2) is 109 Å². The quantitative estimate of drug-likeness (QED) is 0.112. The van der Waals surface area contributed by atoms with Crippen molar-refractivity contribution in [2.75, 3.05) is 0 Å². The molecule has 0 atom stereocenters. The molecule has 0 aliphatic heterocycles. The molecule has 8 rings (SSSR count). The molecule has 1 radical (unpaired) electrons. The third-order valence-corrected chi connectivity index (χ3v) is 13.1. The van der Waals surface area contributed by atoms with Gasteiger partial charge in [-0.15, -0.1) is 59.2 Å². The number of thiophene rings is 1. The molecule has 0 spiro atoms. The summed E-state index contributed by atoms with van der Waals surface area (Å²) in [5.41, 5.74) is 9.33. The van der Waals surface area contributed by atoms with Gasteiger partial charge < -0.3 is 9.55 Å². The molecule has 3 nitrogen and oxygen atoms in total. The SMILES string of the molecule is CC(C)c1cccc(C(C)C)c1-n1c(-c2[c-]cc3sc4ccccc4c3c2)nc2ccccc21.[2H]C([2H])([2H])c1c[c-]c(-c2cc(C([2H])([2H])C(C)C)c([Si](C)(C)C)cn2)cc1.[Ir]. The van der Waals surface area contributed by atoms with Gasteiger partial charge in [-0.2, -0.15) is 11.3 Å². The number of hydrogen-bond donors (Lipinski definition) is 0. The van der Waals surface area contributed by atoms with Crippen LogP contribution in [-0.2, 0) is 26.5 Å². The molecule has 56 heavy (non-hydrogen) atoms. The van der Waals surface area contributed by atoms with E-state index in [1.807, 2.05) is 31.3 Å². The van der Waals surface area contributed by atoms with Crippen molar-refractivity contribution >= 4 is 55.8 Å². The van der Waals surface area contributed by atoms with E-state index < -0.39 is 21.3 Å². The van der Waals surface area contributed by atoms with Gasteiger partial charge in [0.2, 0.25) is 0 Å². The average molecular weight is 953 g/mol. The second-order valence-corrected chi connectivity index (χ2v) is 22.4. The van der Waals surface area contributed by atoms with Crippen LogP contribution >= 0.6 is 11.3 Å². The van der Waals surface area contributed by atoms with Gasteiger partial charge in [0, 0.05) is 43.5 Å². The predicted octanol–water partition coefficient (Wildman–Crippen LogP) is 13.7. The number of para-hydroxylation sites is 3. The van der Waals surface area contributed by atoms with Gasteiger partial charge in [-0.3, -0.25) is 4.98 Å². The monoisotopic (exact) mass is 953 g/mol. The van der Waals surface area contributed by atoms with Crippen molar-refractivity contribution in [3.63, 3.8) is 0 Å². The van der Waals surface area contributed by atoms with E-state index in [9.17, 15) is 0 Å². The van der Waals surface area contributed by atoms with Crippen LogP contribution in [0.25, 0.3) is 59.5 Å². The minimum atomic E-state index is -2.16. The number of aromatic nitrogens is 3. The minimum absolute atomic E-state index is 0. The van der Waals surface area contributed by atoms with E-state index in [4.69, 9.17) is 11.8 Å². The van der Waals surface area contributed by atoms with E-state index >= 15 is 0 Å². The van der Waals surface area contributed by atoms with Gasteiger partial charge in [0.05, 0.1) is 24.9 Å². The van der Waals surface area contributed by atoms with Gasteiger partial charge in [-0.25, -0.2) is 0 Å². The van der Waals surface area contributed by atoms with Crippen LogP contribution < -0.4 is 5.19 Å². The number of imidazole rings is 1. The van der Waals surface area contributed by atoms with Crippen molar-refractivity contribution in [3.8, 4) is 28.3 Å². The van der Waals surface area contributed by atoms with Crippen LogP contribution in [0.2, 0.25) is 19.6 Å². The van der Waals surface area contributed by atoms with Gasteiger partial charge in [0.25, 0.3) is 0 Å². The molecule has 3 heterocycles. The van der Waals surface area contributed by atoms with Crippen LogP contribution in [-0.4, -0.2) is 22.6 Å². The molecule has 0 bridgehead atoms. The maximum Gasteiger partial charge on any atom is 0.0798 e. The van der Waals surface area contributed by atoms with Crippen LogP contribution in [0.1, 0.15) is 82.5 Å². The van der Waals surface area contributed by atoms with E-state index in [1.165, 1.54) is 43.1 Å². The predicted molar refractivity (Wildman–Crippen MR) is 241 cm³/mol. The molecule has 5 aromatic carbocycles. The Labute approximate surface area is 359 Å². The second kappa shape index (κ2) is 17.1. The van der Waals surface area contributed by atoms with Crippen molar-refractivity contribution < 1.29 is 27.0 Å². The maximum absolute atomic E-state index is 8.59. The minimum Gasteiger partial charge on any atom is -0.333 e. The number of hydrogen-bond acceptors (Lipinski definition) is 3.